The summed E-state index contributed by atoms with van der Waals surface area (Å²) in [6.07, 6.45) is 4.00. The Bertz CT molecular complexity index is 2970. The molecule has 0 aliphatic rings. The van der Waals surface area contributed by atoms with Crippen molar-refractivity contribution in [2.45, 2.75) is 13.8 Å². The van der Waals surface area contributed by atoms with E-state index < -0.39 is 0 Å². The van der Waals surface area contributed by atoms with Crippen molar-refractivity contribution in [1.82, 2.24) is 0 Å². The molecule has 0 amide bonds. The smallest absolute Gasteiger partial charge is 0.0462 e. The number of nitrogens with zero attached hydrogens (tertiary/aromatic N) is 2. The van der Waals surface area contributed by atoms with Gasteiger partial charge in [-0.05, 0) is 142 Å². The minimum atomic E-state index is 1.09. The first-order chi connectivity index (χ1) is 32.6. The van der Waals surface area contributed by atoms with Crippen LogP contribution in [-0.4, -0.2) is 0 Å². The summed E-state index contributed by atoms with van der Waals surface area (Å²) in [6, 6.07) is 95.5. The van der Waals surface area contributed by atoms with E-state index in [9.17, 15) is 0 Å². The number of rotatable bonds is 11. The van der Waals surface area contributed by atoms with E-state index in [1.54, 1.807) is 0 Å². The lowest BCUT2D eigenvalue weighted by atomic mass is 10.00. The summed E-state index contributed by atoms with van der Waals surface area (Å²) in [7, 11) is 0. The highest BCUT2D eigenvalue weighted by atomic mass is 15.1. The van der Waals surface area contributed by atoms with Crippen LogP contribution >= 0.6 is 0 Å². The minimum absolute atomic E-state index is 1.09. The number of benzene rings is 10. The quantitative estimate of drug-likeness (QED) is 0.120. The largest absolute Gasteiger partial charge is 0.311 e. The fourth-order valence-corrected chi connectivity index (χ4v) is 8.23. The van der Waals surface area contributed by atoms with Crippen LogP contribution in [0.5, 0.6) is 0 Å². The van der Waals surface area contributed by atoms with Crippen LogP contribution in [0, 0.1) is 0 Å². The Morgan fingerprint density at radius 1 is 0.182 bits per heavy atom. The molecule has 0 aliphatic carbocycles. The lowest BCUT2D eigenvalue weighted by Gasteiger charge is -2.26. The summed E-state index contributed by atoms with van der Waals surface area (Å²) in [6.45, 7) is 4.00. The predicted molar refractivity (Wildman–Crippen MR) is 283 cm³/mol. The van der Waals surface area contributed by atoms with E-state index in [1.807, 2.05) is 26.0 Å². The molecule has 0 bridgehead atoms. The van der Waals surface area contributed by atoms with Crippen LogP contribution in [-0.2, 0) is 0 Å². The summed E-state index contributed by atoms with van der Waals surface area (Å²) in [5.41, 5.74) is 18.6. The van der Waals surface area contributed by atoms with Gasteiger partial charge in [-0.2, -0.15) is 0 Å². The third kappa shape index (κ3) is 10.00. The van der Waals surface area contributed by atoms with E-state index in [4.69, 9.17) is 0 Å². The average molecular weight is 849 g/mol. The Balaban J connectivity index is 0.00000132. The SMILES string of the molecule is C/C=C\C.c1ccc(-c2ccc(-c3ccc(N(c4ccccc4)c4ccc(-c5ccc(N(c6ccc(-c7ccccc7)cc6)c6ccc(-c7ccccc7)cc6)cc5)cc4)cc3)cc2)cc1. The van der Waals surface area contributed by atoms with E-state index >= 15 is 0 Å². The average Bonchev–Trinajstić information content (AvgIpc) is 3.41. The molecule has 0 heterocycles. The van der Waals surface area contributed by atoms with Gasteiger partial charge in [0.15, 0.2) is 0 Å². The van der Waals surface area contributed by atoms with Gasteiger partial charge in [0.05, 0.1) is 0 Å². The zero-order valence-corrected chi connectivity index (χ0v) is 37.5. The summed E-state index contributed by atoms with van der Waals surface area (Å²) in [5.74, 6) is 0. The summed E-state index contributed by atoms with van der Waals surface area (Å²) < 4.78 is 0. The number of allylic oxidation sites excluding steroid dienone is 2. The molecule has 0 spiro atoms. The van der Waals surface area contributed by atoms with Gasteiger partial charge >= 0.3 is 0 Å². The van der Waals surface area contributed by atoms with E-state index in [0.717, 1.165) is 45.3 Å². The van der Waals surface area contributed by atoms with Gasteiger partial charge in [-0.1, -0.05) is 206 Å². The lowest BCUT2D eigenvalue weighted by molar-refractivity contribution is 1.28. The summed E-state index contributed by atoms with van der Waals surface area (Å²) in [5, 5.41) is 0. The molecule has 0 saturated carbocycles. The van der Waals surface area contributed by atoms with Gasteiger partial charge in [-0.15, -0.1) is 0 Å². The molecule has 10 rings (SSSR count). The summed E-state index contributed by atoms with van der Waals surface area (Å²) in [4.78, 5) is 4.65. The number of hydrogen-bond donors (Lipinski definition) is 0. The molecular weight excluding hydrogens is 797 g/mol. The molecule has 0 unspecified atom stereocenters. The third-order valence-electron chi connectivity index (χ3n) is 11.8. The fourth-order valence-electron chi connectivity index (χ4n) is 8.23. The van der Waals surface area contributed by atoms with Crippen LogP contribution in [0.3, 0.4) is 0 Å². The highest BCUT2D eigenvalue weighted by Crippen LogP contribution is 2.40. The second kappa shape index (κ2) is 20.8. The number of para-hydroxylation sites is 1. The Morgan fingerprint density at radius 3 is 0.530 bits per heavy atom. The number of anilines is 6. The van der Waals surface area contributed by atoms with Crippen LogP contribution in [0.2, 0.25) is 0 Å². The molecule has 2 heteroatoms. The van der Waals surface area contributed by atoms with Crippen LogP contribution < -0.4 is 9.80 Å². The normalized spacial score (nSPS) is 10.8. The Morgan fingerprint density at radius 2 is 0.333 bits per heavy atom. The molecule has 2 nitrogen and oxygen atoms in total. The van der Waals surface area contributed by atoms with Crippen molar-refractivity contribution in [3.63, 3.8) is 0 Å². The van der Waals surface area contributed by atoms with Crippen molar-refractivity contribution in [3.05, 3.63) is 279 Å². The topological polar surface area (TPSA) is 6.48 Å². The Hall–Kier alpha value is -8.46. The van der Waals surface area contributed by atoms with Crippen molar-refractivity contribution in [2.24, 2.45) is 0 Å². The molecule has 10 aromatic rings. The van der Waals surface area contributed by atoms with Crippen molar-refractivity contribution < 1.29 is 0 Å². The van der Waals surface area contributed by atoms with Gasteiger partial charge < -0.3 is 9.80 Å². The third-order valence-corrected chi connectivity index (χ3v) is 11.8. The van der Waals surface area contributed by atoms with Gasteiger partial charge in [0, 0.05) is 34.1 Å². The van der Waals surface area contributed by atoms with E-state index in [2.05, 4.69) is 277 Å². The lowest BCUT2D eigenvalue weighted by Crippen LogP contribution is -2.10. The first kappa shape index (κ1) is 42.8. The van der Waals surface area contributed by atoms with Crippen LogP contribution in [0.1, 0.15) is 13.8 Å². The second-order valence-electron chi connectivity index (χ2n) is 16.1. The Labute approximate surface area is 390 Å². The standard InChI is InChI=1S/C60H44N2.C4H8/c1-5-13-45(14-6-1)48-21-23-49(24-22-48)52-29-39-56(40-30-52)61(55-19-11-4-12-20-55)57-41-31-53(32-42-57)54-33-43-60(44-34-54)62(58-35-25-50(26-36-58)46-15-7-2-8-16-46)59-37-27-51(28-38-59)47-17-9-3-10-18-47;1-3-4-2/h1-44H;3-4H,1-2H3/b;4-3-. The van der Waals surface area contributed by atoms with Gasteiger partial charge in [0.1, 0.15) is 0 Å². The molecule has 0 aromatic heterocycles. The molecule has 0 N–H and O–H groups in total. The van der Waals surface area contributed by atoms with Crippen LogP contribution in [0.15, 0.2) is 279 Å². The van der Waals surface area contributed by atoms with Crippen molar-refractivity contribution in [3.8, 4) is 55.6 Å². The first-order valence-corrected chi connectivity index (χ1v) is 22.7. The zero-order chi connectivity index (χ0) is 44.9. The highest BCUT2D eigenvalue weighted by Gasteiger charge is 2.16. The first-order valence-electron chi connectivity index (χ1n) is 22.7. The molecular formula is C64H52N2. The maximum atomic E-state index is 2.33. The molecule has 66 heavy (non-hydrogen) atoms. The van der Waals surface area contributed by atoms with Crippen molar-refractivity contribution >= 4 is 34.1 Å². The molecule has 0 atom stereocenters. The maximum Gasteiger partial charge on any atom is 0.0462 e. The van der Waals surface area contributed by atoms with Crippen LogP contribution in [0.4, 0.5) is 34.1 Å². The van der Waals surface area contributed by atoms with E-state index in [0.29, 0.717) is 0 Å². The molecule has 0 fully saturated rings. The summed E-state index contributed by atoms with van der Waals surface area (Å²) >= 11 is 0. The maximum absolute atomic E-state index is 2.33. The van der Waals surface area contributed by atoms with Gasteiger partial charge in [0.2, 0.25) is 0 Å². The minimum Gasteiger partial charge on any atom is -0.311 e. The monoisotopic (exact) mass is 848 g/mol. The highest BCUT2D eigenvalue weighted by molar-refractivity contribution is 5.83. The Kier molecular flexibility index (Phi) is 13.5. The van der Waals surface area contributed by atoms with Crippen molar-refractivity contribution in [1.29, 1.82) is 0 Å². The van der Waals surface area contributed by atoms with Crippen LogP contribution in [0.25, 0.3) is 55.6 Å². The van der Waals surface area contributed by atoms with E-state index in [1.165, 1.54) is 44.5 Å². The second-order valence-corrected chi connectivity index (χ2v) is 16.1. The van der Waals surface area contributed by atoms with Gasteiger partial charge in [0.25, 0.3) is 0 Å². The molecule has 0 aliphatic heterocycles. The molecule has 0 radical (unpaired) electrons. The molecule has 318 valence electrons. The van der Waals surface area contributed by atoms with Crippen molar-refractivity contribution in [2.75, 3.05) is 9.80 Å². The number of hydrogen-bond acceptors (Lipinski definition) is 2. The molecule has 0 saturated heterocycles. The van der Waals surface area contributed by atoms with E-state index in [-0.39, 0.29) is 0 Å². The predicted octanol–water partition coefficient (Wildman–Crippen LogP) is 18.5. The molecule has 10 aromatic carbocycles. The fraction of sp³-hybridized carbons (Fsp3) is 0.0312. The van der Waals surface area contributed by atoms with Gasteiger partial charge in [-0.3, -0.25) is 0 Å². The van der Waals surface area contributed by atoms with Gasteiger partial charge in [-0.25, -0.2) is 0 Å². The zero-order valence-electron chi connectivity index (χ0n) is 37.5.